The lowest BCUT2D eigenvalue weighted by Crippen LogP contribution is -2.65. The third kappa shape index (κ3) is 7.86. The van der Waals surface area contributed by atoms with Gasteiger partial charge in [0.25, 0.3) is 5.56 Å². The van der Waals surface area contributed by atoms with E-state index in [0.29, 0.717) is 0 Å². The summed E-state index contributed by atoms with van der Waals surface area (Å²) >= 11 is 0. The van der Waals surface area contributed by atoms with Crippen LogP contribution in [0.1, 0.15) is 38.5 Å². The Morgan fingerprint density at radius 3 is 2.59 bits per heavy atom. The molecule has 2 fully saturated rings. The lowest BCUT2D eigenvalue weighted by atomic mass is 9.83. The van der Waals surface area contributed by atoms with Crippen molar-refractivity contribution in [3.05, 3.63) is 42.7 Å². The zero-order valence-electron chi connectivity index (χ0n) is 22.1. The highest BCUT2D eigenvalue weighted by Crippen LogP contribution is 2.61. The van der Waals surface area contributed by atoms with Gasteiger partial charge in [-0.25, -0.2) is 18.7 Å². The first-order chi connectivity index (χ1) is 18.9. The third-order valence-electron chi connectivity index (χ3n) is 6.48. The Bertz CT molecular complexity index is 1370. The Labute approximate surface area is 230 Å². The van der Waals surface area contributed by atoms with Crippen molar-refractivity contribution in [2.75, 3.05) is 13.7 Å². The van der Waals surface area contributed by atoms with Crippen molar-refractivity contribution < 1.29 is 61.3 Å². The molecule has 3 rings (SSSR count). The number of amides is 1. The predicted molar refractivity (Wildman–Crippen MR) is 132 cm³/mol. The van der Waals surface area contributed by atoms with Gasteiger partial charge in [0.15, 0.2) is 6.29 Å². The molecule has 0 bridgehead atoms. The summed E-state index contributed by atoms with van der Waals surface area (Å²) in [5.41, 5.74) is -3.25. The smallest absolute Gasteiger partial charge is 0.453 e. The summed E-state index contributed by atoms with van der Waals surface area (Å²) in [7, 11) is -9.83. The molecule has 3 heterocycles. The molecule has 232 valence electrons. The molecule has 0 aromatic carbocycles. The molecule has 2 aliphatic rings. The number of carbonyl (C=O) groups excluding carboxylic acids is 1. The van der Waals surface area contributed by atoms with Crippen molar-refractivity contribution in [2.24, 2.45) is 0 Å². The van der Waals surface area contributed by atoms with Gasteiger partial charge in [-0.05, 0) is 13.8 Å². The number of nitrogens with zero attached hydrogens (tertiary/aromatic N) is 2. The summed E-state index contributed by atoms with van der Waals surface area (Å²) in [6, 6.07) is -1.26. The van der Waals surface area contributed by atoms with E-state index in [1.54, 1.807) is 0 Å². The standard InChI is InChI=1S/C19H30N4O16P2/c1-9-7-22(17(26)21-16(9)25)13-5-11(24)12(37-13)8-35-40(30,31)39-41(32,33)38-14-6-19(3,23(28)29)15(10(2)36-14)20-18(27)34-4/h7,10-15,24H,5-6,8H2,1-4H3,(H,20,27)(H,30,31)(H,32,33)(H,21,25,26)/t10-,11+,12-,13-,14-,15+,19+/m1/s1. The Kier molecular flexibility index (Phi) is 9.97. The number of carbonyl (C=O) groups is 1. The van der Waals surface area contributed by atoms with Crippen LogP contribution < -0.4 is 16.6 Å². The second kappa shape index (κ2) is 12.4. The van der Waals surface area contributed by atoms with Crippen LogP contribution in [0.2, 0.25) is 0 Å². The van der Waals surface area contributed by atoms with Crippen molar-refractivity contribution in [2.45, 2.75) is 76.0 Å². The van der Waals surface area contributed by atoms with E-state index in [4.69, 9.17) is 14.0 Å². The molecule has 0 saturated carbocycles. The number of aromatic amines is 1. The molecule has 5 N–H and O–H groups in total. The van der Waals surface area contributed by atoms with Gasteiger partial charge in [-0.2, -0.15) is 4.31 Å². The molecule has 1 amide bonds. The Morgan fingerprint density at radius 2 is 1.98 bits per heavy atom. The number of aromatic nitrogens is 2. The van der Waals surface area contributed by atoms with Crippen molar-refractivity contribution in [1.29, 1.82) is 0 Å². The Hall–Kier alpha value is -2.51. The summed E-state index contributed by atoms with van der Waals surface area (Å²) in [5, 5.41) is 24.3. The van der Waals surface area contributed by atoms with E-state index in [0.717, 1.165) is 18.6 Å². The van der Waals surface area contributed by atoms with E-state index in [9.17, 15) is 48.5 Å². The molecule has 0 radical (unpaired) electrons. The van der Waals surface area contributed by atoms with Crippen molar-refractivity contribution in [3.63, 3.8) is 0 Å². The van der Waals surface area contributed by atoms with Crippen LogP contribution in [0.3, 0.4) is 0 Å². The van der Waals surface area contributed by atoms with Crippen LogP contribution in [-0.4, -0.2) is 85.4 Å². The quantitative estimate of drug-likeness (QED) is 0.125. The first-order valence-corrected chi connectivity index (χ1v) is 14.9. The van der Waals surface area contributed by atoms with Crippen LogP contribution in [0.4, 0.5) is 4.79 Å². The number of hydrogen-bond acceptors (Lipinski definition) is 14. The highest BCUT2D eigenvalue weighted by molar-refractivity contribution is 7.61. The summed E-state index contributed by atoms with van der Waals surface area (Å²) in [5.74, 6) is 0. The molecule has 9 atom stereocenters. The van der Waals surface area contributed by atoms with Gasteiger partial charge in [0.05, 0.1) is 32.3 Å². The second-order valence-corrected chi connectivity index (χ2v) is 12.5. The van der Waals surface area contributed by atoms with Gasteiger partial charge in [-0.1, -0.05) is 0 Å². The van der Waals surface area contributed by atoms with Crippen LogP contribution in [-0.2, 0) is 36.7 Å². The lowest BCUT2D eigenvalue weighted by molar-refractivity contribution is -0.583. The van der Waals surface area contributed by atoms with Gasteiger partial charge in [-0.3, -0.25) is 33.5 Å². The summed E-state index contributed by atoms with van der Waals surface area (Å²) < 4.78 is 54.9. The minimum absolute atomic E-state index is 0.171. The SMILES string of the molecule is COC(=O)N[C@H]1[C@@H](C)O[C@H](OP(=O)(O)OP(=O)(O)OC[C@H]2O[C@@H](n3cc(C)c(=O)[nH]c3=O)C[C@@H]2O)C[C@]1(C)[N+](=O)[O-]. The van der Waals surface area contributed by atoms with Crippen LogP contribution in [0.15, 0.2) is 15.8 Å². The maximum atomic E-state index is 12.5. The summed E-state index contributed by atoms with van der Waals surface area (Å²) in [6.07, 6.45) is -7.31. The molecule has 1 aromatic heterocycles. The maximum absolute atomic E-state index is 12.5. The number of alkyl carbamates (subject to hydrolysis) is 1. The zero-order valence-corrected chi connectivity index (χ0v) is 23.9. The number of ether oxygens (including phenoxy) is 3. The average molecular weight is 632 g/mol. The van der Waals surface area contributed by atoms with Crippen molar-refractivity contribution >= 4 is 21.7 Å². The van der Waals surface area contributed by atoms with Crippen molar-refractivity contribution in [1.82, 2.24) is 14.9 Å². The molecule has 2 aliphatic heterocycles. The van der Waals surface area contributed by atoms with E-state index in [-0.39, 0.29) is 12.0 Å². The first kappa shape index (κ1) is 33.0. The van der Waals surface area contributed by atoms with Crippen LogP contribution in [0.25, 0.3) is 0 Å². The number of aliphatic hydroxyl groups excluding tert-OH is 1. The number of hydrogen-bond donors (Lipinski definition) is 5. The molecule has 0 aliphatic carbocycles. The van der Waals surface area contributed by atoms with E-state index in [2.05, 4.69) is 23.9 Å². The Balaban J connectivity index is 1.62. The molecular weight excluding hydrogens is 602 g/mol. The van der Waals surface area contributed by atoms with Gasteiger partial charge in [0.1, 0.15) is 18.4 Å². The van der Waals surface area contributed by atoms with Gasteiger partial charge < -0.3 is 34.4 Å². The van der Waals surface area contributed by atoms with Gasteiger partial charge >= 0.3 is 27.4 Å². The highest BCUT2D eigenvalue weighted by Gasteiger charge is 2.57. The molecule has 0 spiro atoms. The van der Waals surface area contributed by atoms with Crippen LogP contribution in [0, 0.1) is 17.0 Å². The second-order valence-electron chi connectivity index (χ2n) is 9.53. The number of aliphatic hydroxyl groups is 1. The van der Waals surface area contributed by atoms with E-state index < -0.39 is 93.3 Å². The Morgan fingerprint density at radius 1 is 1.32 bits per heavy atom. The minimum atomic E-state index is -5.48. The highest BCUT2D eigenvalue weighted by atomic mass is 31.3. The largest absolute Gasteiger partial charge is 0.483 e. The number of aryl methyl sites for hydroxylation is 1. The molecule has 1 aromatic rings. The normalized spacial score (nSPS) is 33.0. The van der Waals surface area contributed by atoms with E-state index in [1.165, 1.54) is 20.0 Å². The number of methoxy groups -OCH3 is 1. The molecule has 22 heteroatoms. The summed E-state index contributed by atoms with van der Waals surface area (Å²) in [6.45, 7) is 3.02. The van der Waals surface area contributed by atoms with Gasteiger partial charge in [0, 0.05) is 30.0 Å². The van der Waals surface area contributed by atoms with Crippen LogP contribution >= 0.6 is 15.6 Å². The third-order valence-corrected chi connectivity index (χ3v) is 9.11. The number of phosphoric acid groups is 2. The van der Waals surface area contributed by atoms with E-state index in [1.807, 2.05) is 0 Å². The molecule has 2 unspecified atom stereocenters. The van der Waals surface area contributed by atoms with E-state index >= 15 is 0 Å². The number of nitro groups is 1. The summed E-state index contributed by atoms with van der Waals surface area (Å²) in [4.78, 5) is 68.5. The van der Waals surface area contributed by atoms with Crippen LogP contribution in [0.5, 0.6) is 0 Å². The minimum Gasteiger partial charge on any atom is -0.453 e. The maximum Gasteiger partial charge on any atom is 0.483 e. The van der Waals surface area contributed by atoms with Gasteiger partial charge in [-0.15, -0.1) is 0 Å². The fraction of sp³-hybridized carbons (Fsp3) is 0.737. The van der Waals surface area contributed by atoms with Gasteiger partial charge in [0.2, 0.25) is 5.54 Å². The fourth-order valence-electron chi connectivity index (χ4n) is 4.37. The van der Waals surface area contributed by atoms with Crippen molar-refractivity contribution in [3.8, 4) is 0 Å². The fourth-order valence-corrected chi connectivity index (χ4v) is 6.51. The molecular formula is C19H30N4O16P2. The average Bonchev–Trinajstić information content (AvgIpc) is 3.21. The number of H-pyrrole nitrogens is 1. The number of nitrogens with one attached hydrogen (secondary N) is 2. The first-order valence-electron chi connectivity index (χ1n) is 11.9. The lowest BCUT2D eigenvalue weighted by Gasteiger charge is -2.41. The number of phosphoric ester groups is 2. The molecule has 2 saturated heterocycles. The molecule has 20 nitrogen and oxygen atoms in total. The predicted octanol–water partition coefficient (Wildman–Crippen LogP) is -0.361. The monoisotopic (exact) mass is 632 g/mol. The molecule has 41 heavy (non-hydrogen) atoms. The zero-order chi connectivity index (χ0) is 30.9. The topological polar surface area (TPSA) is 277 Å². The number of rotatable bonds is 10.